The summed E-state index contributed by atoms with van der Waals surface area (Å²) in [6.45, 7) is 4.58. The molecule has 5 nitrogen and oxygen atoms in total. The number of para-hydroxylation sites is 1. The third-order valence-electron chi connectivity index (χ3n) is 6.49. The van der Waals surface area contributed by atoms with Crippen LogP contribution in [0.25, 0.3) is 0 Å². The zero-order valence-corrected chi connectivity index (χ0v) is 16.0. The van der Waals surface area contributed by atoms with Crippen LogP contribution in [0.5, 0.6) is 0 Å². The second-order valence-corrected chi connectivity index (χ2v) is 8.33. The molecule has 3 aliphatic rings. The Morgan fingerprint density at radius 3 is 2.96 bits per heavy atom. The van der Waals surface area contributed by atoms with E-state index in [9.17, 15) is 9.59 Å². The van der Waals surface area contributed by atoms with Crippen LogP contribution in [0.3, 0.4) is 0 Å². The smallest absolute Gasteiger partial charge is 0.250 e. The first-order valence-corrected chi connectivity index (χ1v) is 10.3. The van der Waals surface area contributed by atoms with Gasteiger partial charge in [-0.1, -0.05) is 24.3 Å². The quantitative estimate of drug-likeness (QED) is 0.813. The average Bonchev–Trinajstić information content (AvgIpc) is 3.13. The molecule has 5 heteroatoms. The monoisotopic (exact) mass is 376 g/mol. The number of nitrogens with one attached hydrogen (secondary N) is 1. The Hall–Kier alpha value is -2.66. The molecule has 1 unspecified atom stereocenters. The van der Waals surface area contributed by atoms with Crippen molar-refractivity contribution in [3.05, 3.63) is 76.2 Å². The van der Waals surface area contributed by atoms with Gasteiger partial charge in [0.15, 0.2) is 0 Å². The van der Waals surface area contributed by atoms with Gasteiger partial charge in [0.25, 0.3) is 11.5 Å². The summed E-state index contributed by atoms with van der Waals surface area (Å²) >= 11 is 0. The second kappa shape index (κ2) is 7.06. The predicted molar refractivity (Wildman–Crippen MR) is 109 cm³/mol. The number of amides is 1. The largest absolute Gasteiger partial charge is 0.331 e. The van der Waals surface area contributed by atoms with Crippen molar-refractivity contribution < 1.29 is 9.69 Å². The lowest BCUT2D eigenvalue weighted by Gasteiger charge is -2.40. The summed E-state index contributed by atoms with van der Waals surface area (Å²) in [5.74, 6) is 1.08. The molecule has 28 heavy (non-hydrogen) atoms. The first kappa shape index (κ1) is 17.4. The van der Waals surface area contributed by atoms with Crippen molar-refractivity contribution in [2.75, 3.05) is 31.1 Å². The molecule has 0 radical (unpaired) electrons. The number of benzene rings is 1. The van der Waals surface area contributed by atoms with Crippen molar-refractivity contribution in [3.63, 3.8) is 0 Å². The van der Waals surface area contributed by atoms with Crippen molar-refractivity contribution in [3.8, 4) is 0 Å². The van der Waals surface area contributed by atoms with Crippen LogP contribution in [0.15, 0.2) is 59.4 Å². The number of hydrogen-bond donors (Lipinski definition) is 1. The molecule has 3 aliphatic heterocycles. The molecule has 1 N–H and O–H groups in total. The Bertz CT molecular complexity index is 993. The van der Waals surface area contributed by atoms with E-state index < -0.39 is 0 Å². The maximum Gasteiger partial charge on any atom is 0.250 e. The van der Waals surface area contributed by atoms with Gasteiger partial charge >= 0.3 is 0 Å². The lowest BCUT2D eigenvalue weighted by Crippen LogP contribution is -3.14. The molecule has 1 saturated heterocycles. The van der Waals surface area contributed by atoms with Crippen LogP contribution in [0.2, 0.25) is 0 Å². The highest BCUT2D eigenvalue weighted by atomic mass is 16.2. The molecule has 1 fully saturated rings. The molecule has 1 aromatic heterocycles. The van der Waals surface area contributed by atoms with E-state index in [0.29, 0.717) is 11.8 Å². The van der Waals surface area contributed by atoms with Crippen LogP contribution in [0.1, 0.15) is 23.6 Å². The third kappa shape index (κ3) is 3.10. The van der Waals surface area contributed by atoms with Crippen molar-refractivity contribution in [2.45, 2.75) is 25.3 Å². The molecule has 0 spiro atoms. The third-order valence-corrected chi connectivity index (χ3v) is 6.49. The van der Waals surface area contributed by atoms with Gasteiger partial charge in [-0.05, 0) is 36.6 Å². The number of likely N-dealkylation sites (tertiary alicyclic amines) is 1. The zero-order valence-electron chi connectivity index (χ0n) is 16.0. The fourth-order valence-electron chi connectivity index (χ4n) is 5.27. The number of nitrogens with zero attached hydrogens (tertiary/aromatic N) is 2. The topological polar surface area (TPSA) is 46.8 Å². The summed E-state index contributed by atoms with van der Waals surface area (Å²) in [5, 5.41) is 0. The van der Waals surface area contributed by atoms with Crippen LogP contribution < -0.4 is 15.4 Å². The van der Waals surface area contributed by atoms with E-state index in [-0.39, 0.29) is 11.5 Å². The number of carbonyl (C=O) groups is 1. The molecule has 144 valence electrons. The Kier molecular flexibility index (Phi) is 4.40. The maximum absolute atomic E-state index is 12.6. The van der Waals surface area contributed by atoms with E-state index in [4.69, 9.17) is 0 Å². The minimum absolute atomic E-state index is 0.0819. The minimum Gasteiger partial charge on any atom is -0.331 e. The predicted octanol–water partition coefficient (Wildman–Crippen LogP) is 0.996. The molecule has 5 rings (SSSR count). The molecule has 4 heterocycles. The lowest BCUT2D eigenvalue weighted by molar-refractivity contribution is -0.905. The normalized spacial score (nSPS) is 25.6. The summed E-state index contributed by atoms with van der Waals surface area (Å²) in [7, 11) is 0. The van der Waals surface area contributed by atoms with Crippen molar-refractivity contribution in [1.82, 2.24) is 4.57 Å². The Labute approximate surface area is 164 Å². The van der Waals surface area contributed by atoms with Crippen molar-refractivity contribution >= 4 is 11.6 Å². The average molecular weight is 376 g/mol. The number of aromatic nitrogens is 1. The molecule has 1 aromatic carbocycles. The Balaban J connectivity index is 1.24. The summed E-state index contributed by atoms with van der Waals surface area (Å²) in [6.07, 6.45) is 5.91. The molecule has 3 atom stereocenters. The number of rotatable bonds is 3. The number of carbonyl (C=O) groups excluding carboxylic acids is 1. The van der Waals surface area contributed by atoms with Crippen LogP contribution in [-0.4, -0.2) is 36.7 Å². The van der Waals surface area contributed by atoms with E-state index >= 15 is 0 Å². The van der Waals surface area contributed by atoms with Gasteiger partial charge in [-0.2, -0.15) is 0 Å². The highest BCUT2D eigenvalue weighted by Crippen LogP contribution is 2.30. The standard InChI is InChI=1S/C23H25N3O2/c27-22(25-12-10-18-5-1-2-6-20(18)25)9-4-11-24-14-17-13-19(16-24)21-7-3-8-23(28)26(21)15-17/h1-9,17,19H,10-16H2/p+1/b9-4+/t17-,19+/m1/s1. The van der Waals surface area contributed by atoms with E-state index in [0.717, 1.165) is 44.8 Å². The Morgan fingerprint density at radius 1 is 1.14 bits per heavy atom. The second-order valence-electron chi connectivity index (χ2n) is 8.33. The summed E-state index contributed by atoms with van der Waals surface area (Å²) in [6, 6.07) is 13.8. The zero-order chi connectivity index (χ0) is 19.1. The van der Waals surface area contributed by atoms with E-state index in [2.05, 4.69) is 12.1 Å². The molecule has 2 aromatic rings. The van der Waals surface area contributed by atoms with Crippen molar-refractivity contribution in [1.29, 1.82) is 0 Å². The van der Waals surface area contributed by atoms with E-state index in [1.165, 1.54) is 22.6 Å². The van der Waals surface area contributed by atoms with E-state index in [1.54, 1.807) is 12.1 Å². The van der Waals surface area contributed by atoms with Gasteiger partial charge < -0.3 is 14.4 Å². The fourth-order valence-corrected chi connectivity index (χ4v) is 5.27. The SMILES string of the molecule is O=C(/C=C/C[NH+]1C[C@H]2C[C@@H](C1)c1cccc(=O)n1C2)N1CCc2ccccc21. The van der Waals surface area contributed by atoms with E-state index in [1.807, 2.05) is 39.8 Å². The number of fused-ring (bicyclic) bond motifs is 5. The summed E-state index contributed by atoms with van der Waals surface area (Å²) < 4.78 is 1.97. The molecule has 0 aliphatic carbocycles. The minimum atomic E-state index is 0.0819. The number of hydrogen-bond acceptors (Lipinski definition) is 2. The van der Waals surface area contributed by atoms with Crippen LogP contribution in [-0.2, 0) is 17.8 Å². The summed E-state index contributed by atoms with van der Waals surface area (Å²) in [4.78, 5) is 28.2. The van der Waals surface area contributed by atoms with Crippen LogP contribution >= 0.6 is 0 Å². The first-order chi connectivity index (χ1) is 13.7. The van der Waals surface area contributed by atoms with Gasteiger partial charge in [-0.15, -0.1) is 0 Å². The van der Waals surface area contributed by atoms with Gasteiger partial charge in [0.05, 0.1) is 19.6 Å². The van der Waals surface area contributed by atoms with Gasteiger partial charge in [0, 0.05) is 48.4 Å². The Morgan fingerprint density at radius 2 is 2.04 bits per heavy atom. The molecular formula is C23H26N3O2+. The number of quaternary nitrogens is 1. The number of anilines is 1. The maximum atomic E-state index is 12.6. The first-order valence-electron chi connectivity index (χ1n) is 10.3. The van der Waals surface area contributed by atoms with Crippen LogP contribution in [0, 0.1) is 5.92 Å². The highest BCUT2D eigenvalue weighted by Gasteiger charge is 2.36. The number of piperidine rings is 1. The molecule has 0 saturated carbocycles. The number of pyridine rings is 1. The van der Waals surface area contributed by atoms with Crippen molar-refractivity contribution in [2.24, 2.45) is 5.92 Å². The van der Waals surface area contributed by atoms with Crippen LogP contribution in [0.4, 0.5) is 5.69 Å². The molecule has 2 bridgehead atoms. The molecular weight excluding hydrogens is 350 g/mol. The highest BCUT2D eigenvalue weighted by molar-refractivity contribution is 6.02. The van der Waals surface area contributed by atoms with Gasteiger partial charge in [-0.25, -0.2) is 0 Å². The van der Waals surface area contributed by atoms with Gasteiger partial charge in [0.2, 0.25) is 0 Å². The molecule has 1 amide bonds. The van der Waals surface area contributed by atoms with Gasteiger partial charge in [-0.3, -0.25) is 9.59 Å². The fraction of sp³-hybridized carbons (Fsp3) is 0.391. The lowest BCUT2D eigenvalue weighted by atomic mass is 9.83. The van der Waals surface area contributed by atoms with Gasteiger partial charge in [0.1, 0.15) is 0 Å². The summed E-state index contributed by atoms with van der Waals surface area (Å²) in [5.41, 5.74) is 3.63.